The molecule has 0 saturated heterocycles. The molecule has 0 aliphatic heterocycles. The van der Waals surface area contributed by atoms with Crippen LogP contribution in [0, 0.1) is 11.8 Å². The van der Waals surface area contributed by atoms with Gasteiger partial charge in [-0.3, -0.25) is 4.57 Å². The van der Waals surface area contributed by atoms with Crippen molar-refractivity contribution >= 4 is 7.60 Å². The molecular weight excluding hydrogens is 271 g/mol. The van der Waals surface area contributed by atoms with Gasteiger partial charge in [0.25, 0.3) is 0 Å². The number of unbranched alkanes of at least 4 members (excludes halogenated alkanes) is 3. The van der Waals surface area contributed by atoms with Crippen molar-refractivity contribution in [3.05, 3.63) is 0 Å². The molecule has 0 aromatic heterocycles. The van der Waals surface area contributed by atoms with Crippen molar-refractivity contribution in [1.82, 2.24) is 0 Å². The first-order valence-electron chi connectivity index (χ1n) is 8.37. The van der Waals surface area contributed by atoms with Gasteiger partial charge in [-0.25, -0.2) is 0 Å². The van der Waals surface area contributed by atoms with Crippen LogP contribution in [-0.4, -0.2) is 17.7 Å². The van der Waals surface area contributed by atoms with Crippen molar-refractivity contribution in [3.63, 3.8) is 0 Å². The lowest BCUT2D eigenvalue weighted by atomic mass is 10.0. The van der Waals surface area contributed by atoms with E-state index in [1.54, 1.807) is 0 Å². The summed E-state index contributed by atoms with van der Waals surface area (Å²) >= 11 is 0. The first-order valence-corrected chi connectivity index (χ1v) is 10.1. The molecule has 0 bridgehead atoms. The van der Waals surface area contributed by atoms with Crippen LogP contribution in [0.15, 0.2) is 0 Å². The Balaban J connectivity index is 3.79. The number of hydrogen-bond donors (Lipinski definition) is 1. The minimum Gasteiger partial charge on any atom is -0.324 e. The quantitative estimate of drug-likeness (QED) is 0.355. The first-order chi connectivity index (χ1) is 9.41. The zero-order valence-corrected chi connectivity index (χ0v) is 14.8. The second-order valence-electron chi connectivity index (χ2n) is 6.31. The van der Waals surface area contributed by atoms with Crippen LogP contribution >= 0.6 is 7.60 Å². The molecule has 0 saturated carbocycles. The molecule has 0 fully saturated rings. The van der Waals surface area contributed by atoms with Gasteiger partial charge in [-0.1, -0.05) is 66.2 Å². The Morgan fingerprint density at radius 1 is 1.05 bits per heavy atom. The van der Waals surface area contributed by atoms with E-state index in [4.69, 9.17) is 4.52 Å². The third kappa shape index (κ3) is 11.9. The van der Waals surface area contributed by atoms with Crippen LogP contribution in [0.25, 0.3) is 0 Å². The minimum atomic E-state index is -3.37. The van der Waals surface area contributed by atoms with Gasteiger partial charge in [0.05, 0.1) is 12.8 Å². The fraction of sp³-hybridized carbons (Fsp3) is 1.00. The molecule has 0 radical (unpaired) electrons. The van der Waals surface area contributed by atoms with Gasteiger partial charge in [-0.2, -0.15) is 0 Å². The summed E-state index contributed by atoms with van der Waals surface area (Å²) in [6.07, 6.45) is 8.99. The summed E-state index contributed by atoms with van der Waals surface area (Å²) in [5, 5.41) is 0. The average molecular weight is 306 g/mol. The van der Waals surface area contributed by atoms with Crippen LogP contribution in [-0.2, 0) is 9.09 Å². The molecule has 0 aliphatic rings. The van der Waals surface area contributed by atoms with Crippen LogP contribution in [0.5, 0.6) is 0 Å². The second-order valence-corrected chi connectivity index (χ2v) is 8.21. The van der Waals surface area contributed by atoms with E-state index >= 15 is 0 Å². The smallest absolute Gasteiger partial charge is 0.324 e. The Morgan fingerprint density at radius 3 is 2.30 bits per heavy atom. The third-order valence-electron chi connectivity index (χ3n) is 3.75. The summed E-state index contributed by atoms with van der Waals surface area (Å²) in [7, 11) is -3.37. The van der Waals surface area contributed by atoms with Crippen LogP contribution in [0.2, 0.25) is 0 Å². The van der Waals surface area contributed by atoms with E-state index < -0.39 is 7.60 Å². The molecule has 2 atom stereocenters. The van der Waals surface area contributed by atoms with Gasteiger partial charge in [-0.15, -0.1) is 0 Å². The molecule has 4 heteroatoms. The van der Waals surface area contributed by atoms with E-state index in [0.29, 0.717) is 18.7 Å². The largest absolute Gasteiger partial charge is 0.328 e. The normalized spacial score (nSPS) is 16.3. The molecular formula is C16H35O3P. The molecule has 0 aromatic carbocycles. The molecule has 0 spiro atoms. The summed E-state index contributed by atoms with van der Waals surface area (Å²) in [6.45, 7) is 9.11. The van der Waals surface area contributed by atoms with Crippen molar-refractivity contribution in [2.45, 2.75) is 79.1 Å². The van der Waals surface area contributed by atoms with E-state index in [9.17, 15) is 9.46 Å². The second kappa shape index (κ2) is 11.8. The molecule has 0 amide bonds. The Morgan fingerprint density at radius 2 is 1.75 bits per heavy atom. The van der Waals surface area contributed by atoms with Crippen molar-refractivity contribution in [3.8, 4) is 0 Å². The zero-order chi connectivity index (χ0) is 15.4. The van der Waals surface area contributed by atoms with Crippen molar-refractivity contribution < 1.29 is 14.0 Å². The van der Waals surface area contributed by atoms with Crippen LogP contribution in [0.3, 0.4) is 0 Å². The monoisotopic (exact) mass is 306 g/mol. The third-order valence-corrected chi connectivity index (χ3v) is 5.31. The van der Waals surface area contributed by atoms with E-state index in [2.05, 4.69) is 27.7 Å². The standard InChI is InChI=1S/C16H35O3P/c1-5-7-12-16(6-2)14-20(17,18)19-13-10-8-9-11-15(3)4/h15-16H,5-14H2,1-4H3,(H,17,18). The van der Waals surface area contributed by atoms with Crippen molar-refractivity contribution in [1.29, 1.82) is 0 Å². The highest BCUT2D eigenvalue weighted by atomic mass is 31.2. The van der Waals surface area contributed by atoms with Crippen LogP contribution < -0.4 is 0 Å². The lowest BCUT2D eigenvalue weighted by Gasteiger charge is -2.19. The van der Waals surface area contributed by atoms with Crippen molar-refractivity contribution in [2.24, 2.45) is 11.8 Å². The summed E-state index contributed by atoms with van der Waals surface area (Å²) in [4.78, 5) is 9.89. The van der Waals surface area contributed by atoms with Gasteiger partial charge in [-0.05, 0) is 24.7 Å². The summed E-state index contributed by atoms with van der Waals surface area (Å²) in [6, 6.07) is 0. The molecule has 0 aromatic rings. The Kier molecular flexibility index (Phi) is 11.9. The summed E-state index contributed by atoms with van der Waals surface area (Å²) in [5.41, 5.74) is 0. The Hall–Kier alpha value is 0.150. The predicted molar refractivity (Wildman–Crippen MR) is 87.3 cm³/mol. The fourth-order valence-corrected chi connectivity index (χ4v) is 3.95. The van der Waals surface area contributed by atoms with Gasteiger partial charge in [0, 0.05) is 0 Å². The summed E-state index contributed by atoms with van der Waals surface area (Å²) in [5.74, 6) is 1.07. The van der Waals surface area contributed by atoms with E-state index in [1.807, 2.05) is 0 Å². The van der Waals surface area contributed by atoms with E-state index in [1.165, 1.54) is 12.8 Å². The maximum Gasteiger partial charge on any atom is 0.328 e. The molecule has 0 rings (SSSR count). The van der Waals surface area contributed by atoms with Gasteiger partial charge >= 0.3 is 7.60 Å². The predicted octanol–water partition coefficient (Wildman–Crippen LogP) is 5.62. The SMILES string of the molecule is CCCCC(CC)CP(=O)(O)OCCCCCC(C)C. The maximum atomic E-state index is 12.0. The van der Waals surface area contributed by atoms with Gasteiger partial charge in [0.15, 0.2) is 0 Å². The summed E-state index contributed by atoms with van der Waals surface area (Å²) < 4.78 is 17.3. The molecule has 3 nitrogen and oxygen atoms in total. The first kappa shape index (κ1) is 20.1. The van der Waals surface area contributed by atoms with Crippen LogP contribution in [0.4, 0.5) is 0 Å². The van der Waals surface area contributed by atoms with E-state index in [-0.39, 0.29) is 0 Å². The molecule has 2 unspecified atom stereocenters. The van der Waals surface area contributed by atoms with Gasteiger partial charge < -0.3 is 9.42 Å². The molecule has 20 heavy (non-hydrogen) atoms. The van der Waals surface area contributed by atoms with Crippen molar-refractivity contribution in [2.75, 3.05) is 12.8 Å². The lowest BCUT2D eigenvalue weighted by Crippen LogP contribution is -2.08. The average Bonchev–Trinajstić information content (AvgIpc) is 2.38. The van der Waals surface area contributed by atoms with Gasteiger partial charge in [0.1, 0.15) is 0 Å². The molecule has 1 N–H and O–H groups in total. The zero-order valence-electron chi connectivity index (χ0n) is 13.9. The highest BCUT2D eigenvalue weighted by molar-refractivity contribution is 7.52. The molecule has 122 valence electrons. The van der Waals surface area contributed by atoms with Gasteiger partial charge in [0.2, 0.25) is 0 Å². The van der Waals surface area contributed by atoms with Crippen LogP contribution in [0.1, 0.15) is 79.1 Å². The Labute approximate surface area is 126 Å². The number of rotatable bonds is 13. The highest BCUT2D eigenvalue weighted by Gasteiger charge is 2.23. The molecule has 0 heterocycles. The number of hydrogen-bond acceptors (Lipinski definition) is 2. The Bertz CT molecular complexity index is 266. The highest BCUT2D eigenvalue weighted by Crippen LogP contribution is 2.45. The minimum absolute atomic E-state index is 0.326. The fourth-order valence-electron chi connectivity index (χ4n) is 2.33. The maximum absolute atomic E-state index is 12.0. The topological polar surface area (TPSA) is 46.5 Å². The van der Waals surface area contributed by atoms with E-state index in [0.717, 1.165) is 44.4 Å². The lowest BCUT2D eigenvalue weighted by molar-refractivity contribution is 0.246. The molecule has 0 aliphatic carbocycles.